The molecule has 0 heterocycles. The molecule has 0 spiro atoms. The number of amides is 1. The minimum absolute atomic E-state index is 0.0145. The Morgan fingerprint density at radius 3 is 2.71 bits per heavy atom. The van der Waals surface area contributed by atoms with Gasteiger partial charge in [0.25, 0.3) is 0 Å². The van der Waals surface area contributed by atoms with E-state index in [4.69, 9.17) is 5.73 Å². The lowest BCUT2D eigenvalue weighted by atomic mass is 10.1. The zero-order valence-corrected chi connectivity index (χ0v) is 10.2. The normalized spacial score (nSPS) is 14.9. The van der Waals surface area contributed by atoms with E-state index in [1.807, 2.05) is 6.26 Å². The van der Waals surface area contributed by atoms with Gasteiger partial charge in [-0.25, -0.2) is 0 Å². The zero-order chi connectivity index (χ0) is 11.0. The fraction of sp³-hybridized carbons (Fsp3) is 0.900. The summed E-state index contributed by atoms with van der Waals surface area (Å²) in [4.78, 5) is 11.4. The van der Waals surface area contributed by atoms with Crippen molar-refractivity contribution in [2.24, 2.45) is 11.7 Å². The van der Waals surface area contributed by atoms with Gasteiger partial charge in [0.1, 0.15) is 0 Å². The maximum Gasteiger partial charge on any atom is 0.236 e. The molecule has 0 aliphatic carbocycles. The van der Waals surface area contributed by atoms with Gasteiger partial charge in [-0.2, -0.15) is 11.8 Å². The maximum atomic E-state index is 11.4. The lowest BCUT2D eigenvalue weighted by Gasteiger charge is -2.14. The highest BCUT2D eigenvalue weighted by Gasteiger charge is 2.12. The number of rotatable bonds is 7. The van der Waals surface area contributed by atoms with Gasteiger partial charge < -0.3 is 11.1 Å². The molecular formula is C10H22N2OS. The summed E-state index contributed by atoms with van der Waals surface area (Å²) in [5.41, 5.74) is 5.71. The van der Waals surface area contributed by atoms with Crippen molar-refractivity contribution in [3.05, 3.63) is 0 Å². The first-order valence-electron chi connectivity index (χ1n) is 5.14. The Kier molecular flexibility index (Phi) is 7.99. The molecule has 0 fully saturated rings. The molecule has 0 aromatic rings. The summed E-state index contributed by atoms with van der Waals surface area (Å²) in [6.07, 6.45) is 3.86. The monoisotopic (exact) mass is 218 g/mol. The van der Waals surface area contributed by atoms with E-state index in [9.17, 15) is 4.79 Å². The van der Waals surface area contributed by atoms with Crippen molar-refractivity contribution < 1.29 is 4.79 Å². The Morgan fingerprint density at radius 2 is 2.21 bits per heavy atom. The van der Waals surface area contributed by atoms with Crippen LogP contribution >= 0.6 is 11.8 Å². The number of carbonyl (C=O) groups excluding carboxylic acids is 1. The van der Waals surface area contributed by atoms with Gasteiger partial charge in [0.05, 0.1) is 6.04 Å². The second-order valence-corrected chi connectivity index (χ2v) is 4.63. The minimum atomic E-state index is -0.341. The Hall–Kier alpha value is -0.220. The van der Waals surface area contributed by atoms with E-state index in [0.717, 1.165) is 25.1 Å². The van der Waals surface area contributed by atoms with E-state index in [1.54, 1.807) is 11.8 Å². The van der Waals surface area contributed by atoms with E-state index in [0.29, 0.717) is 5.92 Å². The van der Waals surface area contributed by atoms with Crippen LogP contribution in [0.25, 0.3) is 0 Å². The number of nitrogens with two attached hydrogens (primary N) is 1. The third-order valence-corrected chi connectivity index (χ3v) is 2.94. The first-order chi connectivity index (χ1) is 6.61. The van der Waals surface area contributed by atoms with Crippen LogP contribution in [0.5, 0.6) is 0 Å². The van der Waals surface area contributed by atoms with Crippen LogP contribution in [0.2, 0.25) is 0 Å². The van der Waals surface area contributed by atoms with Crippen LogP contribution in [0.1, 0.15) is 26.7 Å². The number of nitrogens with one attached hydrogen (secondary N) is 1. The molecule has 0 aliphatic rings. The van der Waals surface area contributed by atoms with Crippen LogP contribution in [0.3, 0.4) is 0 Å². The van der Waals surface area contributed by atoms with Gasteiger partial charge in [0.2, 0.25) is 5.91 Å². The van der Waals surface area contributed by atoms with Gasteiger partial charge in [0.15, 0.2) is 0 Å². The van der Waals surface area contributed by atoms with Gasteiger partial charge in [-0.1, -0.05) is 20.3 Å². The SMILES string of the molecule is CCC(C)CNC(=O)[C@@H](N)CCSC. The van der Waals surface area contributed by atoms with E-state index < -0.39 is 0 Å². The Labute approximate surface area is 91.2 Å². The summed E-state index contributed by atoms with van der Waals surface area (Å²) < 4.78 is 0. The highest BCUT2D eigenvalue weighted by Crippen LogP contribution is 2.00. The van der Waals surface area contributed by atoms with Crippen LogP contribution < -0.4 is 11.1 Å². The average molecular weight is 218 g/mol. The molecular weight excluding hydrogens is 196 g/mol. The van der Waals surface area contributed by atoms with Crippen molar-refractivity contribution in [1.82, 2.24) is 5.32 Å². The third kappa shape index (κ3) is 6.27. The Morgan fingerprint density at radius 1 is 1.57 bits per heavy atom. The zero-order valence-electron chi connectivity index (χ0n) is 9.38. The molecule has 3 nitrogen and oxygen atoms in total. The van der Waals surface area contributed by atoms with Crippen molar-refractivity contribution in [2.75, 3.05) is 18.6 Å². The molecule has 84 valence electrons. The molecule has 1 amide bonds. The predicted molar refractivity (Wildman–Crippen MR) is 63.4 cm³/mol. The van der Waals surface area contributed by atoms with Crippen molar-refractivity contribution >= 4 is 17.7 Å². The molecule has 0 saturated carbocycles. The Bertz CT molecular complexity index is 164. The molecule has 0 aromatic heterocycles. The summed E-state index contributed by atoms with van der Waals surface area (Å²) >= 11 is 1.72. The molecule has 0 rings (SSSR count). The van der Waals surface area contributed by atoms with Crippen LogP contribution in [-0.2, 0) is 4.79 Å². The molecule has 0 bridgehead atoms. The maximum absolute atomic E-state index is 11.4. The summed E-state index contributed by atoms with van der Waals surface area (Å²) in [5.74, 6) is 1.46. The van der Waals surface area contributed by atoms with E-state index in [2.05, 4.69) is 19.2 Å². The minimum Gasteiger partial charge on any atom is -0.354 e. The molecule has 14 heavy (non-hydrogen) atoms. The van der Waals surface area contributed by atoms with Crippen LogP contribution in [0.4, 0.5) is 0 Å². The molecule has 0 saturated heterocycles. The highest BCUT2D eigenvalue weighted by atomic mass is 32.2. The molecule has 1 unspecified atom stereocenters. The van der Waals surface area contributed by atoms with Gasteiger partial charge in [-0.05, 0) is 24.3 Å². The van der Waals surface area contributed by atoms with E-state index >= 15 is 0 Å². The second-order valence-electron chi connectivity index (χ2n) is 3.65. The van der Waals surface area contributed by atoms with Crippen LogP contribution in [0, 0.1) is 5.92 Å². The molecule has 0 radical (unpaired) electrons. The molecule has 0 aromatic carbocycles. The standard InChI is InChI=1S/C10H22N2OS/c1-4-8(2)7-12-10(13)9(11)5-6-14-3/h8-9H,4-7,11H2,1-3H3,(H,12,13)/t8?,9-/m0/s1. The summed E-state index contributed by atoms with van der Waals surface area (Å²) in [6, 6.07) is -0.341. The largest absolute Gasteiger partial charge is 0.354 e. The number of thioether (sulfide) groups is 1. The number of hydrogen-bond donors (Lipinski definition) is 2. The van der Waals surface area contributed by atoms with Gasteiger partial charge >= 0.3 is 0 Å². The van der Waals surface area contributed by atoms with Gasteiger partial charge in [-0.3, -0.25) is 4.79 Å². The molecule has 4 heteroatoms. The predicted octanol–water partition coefficient (Wildman–Crippen LogP) is 1.23. The quantitative estimate of drug-likeness (QED) is 0.676. The fourth-order valence-electron chi connectivity index (χ4n) is 0.926. The lowest BCUT2D eigenvalue weighted by molar-refractivity contribution is -0.122. The second kappa shape index (κ2) is 8.12. The molecule has 2 atom stereocenters. The van der Waals surface area contributed by atoms with E-state index in [-0.39, 0.29) is 11.9 Å². The highest BCUT2D eigenvalue weighted by molar-refractivity contribution is 7.98. The van der Waals surface area contributed by atoms with Crippen molar-refractivity contribution in [1.29, 1.82) is 0 Å². The average Bonchev–Trinajstić information content (AvgIpc) is 2.21. The fourth-order valence-corrected chi connectivity index (χ4v) is 1.42. The Balaban J connectivity index is 3.61. The van der Waals surface area contributed by atoms with Crippen LogP contribution in [0.15, 0.2) is 0 Å². The smallest absolute Gasteiger partial charge is 0.236 e. The number of hydrogen-bond acceptors (Lipinski definition) is 3. The molecule has 0 aliphatic heterocycles. The van der Waals surface area contributed by atoms with Gasteiger partial charge in [-0.15, -0.1) is 0 Å². The lowest BCUT2D eigenvalue weighted by Crippen LogP contribution is -2.42. The van der Waals surface area contributed by atoms with Gasteiger partial charge in [0, 0.05) is 6.54 Å². The third-order valence-electron chi connectivity index (χ3n) is 2.29. The topological polar surface area (TPSA) is 55.1 Å². The summed E-state index contributed by atoms with van der Waals surface area (Å²) in [5, 5.41) is 2.87. The first kappa shape index (κ1) is 13.8. The van der Waals surface area contributed by atoms with E-state index in [1.165, 1.54) is 0 Å². The summed E-state index contributed by atoms with van der Waals surface area (Å²) in [7, 11) is 0. The van der Waals surface area contributed by atoms with Crippen LogP contribution in [-0.4, -0.2) is 30.5 Å². The molecule has 3 N–H and O–H groups in total. The number of carbonyl (C=O) groups is 1. The summed E-state index contributed by atoms with van der Waals surface area (Å²) in [6.45, 7) is 4.97. The first-order valence-corrected chi connectivity index (χ1v) is 6.53. The van der Waals surface area contributed by atoms with Crippen molar-refractivity contribution in [3.63, 3.8) is 0 Å². The van der Waals surface area contributed by atoms with Crippen molar-refractivity contribution in [3.8, 4) is 0 Å². The van der Waals surface area contributed by atoms with Crippen molar-refractivity contribution in [2.45, 2.75) is 32.7 Å².